The normalized spacial score (nSPS) is 10.2. The number of anilines is 1. The van der Waals surface area contributed by atoms with E-state index in [2.05, 4.69) is 15.3 Å². The van der Waals surface area contributed by atoms with Crippen LogP contribution >= 0.6 is 0 Å². The number of benzene rings is 1. The van der Waals surface area contributed by atoms with E-state index in [1.54, 1.807) is 11.0 Å². The SMILES string of the molecule is Cc1cc(CNC(=O)c2cccc([N+](=O)[O-])c2)nc(N(C)C)n1. The zero-order valence-electron chi connectivity index (χ0n) is 13.1. The number of amides is 1. The van der Waals surface area contributed by atoms with Crippen LogP contribution in [0.1, 0.15) is 21.7 Å². The number of rotatable bonds is 5. The number of nitrogens with zero attached hydrogens (tertiary/aromatic N) is 4. The van der Waals surface area contributed by atoms with E-state index in [4.69, 9.17) is 0 Å². The Bertz CT molecular complexity index is 746. The van der Waals surface area contributed by atoms with E-state index in [1.165, 1.54) is 24.3 Å². The van der Waals surface area contributed by atoms with Gasteiger partial charge in [-0.15, -0.1) is 0 Å². The van der Waals surface area contributed by atoms with E-state index in [-0.39, 0.29) is 17.8 Å². The van der Waals surface area contributed by atoms with Crippen LogP contribution in [0.4, 0.5) is 11.6 Å². The van der Waals surface area contributed by atoms with Crippen molar-refractivity contribution in [1.82, 2.24) is 15.3 Å². The van der Waals surface area contributed by atoms with Crippen LogP contribution < -0.4 is 10.2 Å². The smallest absolute Gasteiger partial charge is 0.270 e. The van der Waals surface area contributed by atoms with Crippen LogP contribution in [0.5, 0.6) is 0 Å². The molecule has 1 heterocycles. The highest BCUT2D eigenvalue weighted by Crippen LogP contribution is 2.13. The van der Waals surface area contributed by atoms with Gasteiger partial charge in [-0.05, 0) is 19.1 Å². The lowest BCUT2D eigenvalue weighted by atomic mass is 10.2. The van der Waals surface area contributed by atoms with Gasteiger partial charge in [0, 0.05) is 37.5 Å². The number of hydrogen-bond acceptors (Lipinski definition) is 6. The van der Waals surface area contributed by atoms with Crippen LogP contribution in [0.25, 0.3) is 0 Å². The van der Waals surface area contributed by atoms with Crippen LogP contribution in [0.15, 0.2) is 30.3 Å². The van der Waals surface area contributed by atoms with Gasteiger partial charge in [0.05, 0.1) is 17.2 Å². The highest BCUT2D eigenvalue weighted by Gasteiger charge is 2.12. The Balaban J connectivity index is 2.10. The predicted molar refractivity (Wildman–Crippen MR) is 85.4 cm³/mol. The topological polar surface area (TPSA) is 101 Å². The molecule has 0 aliphatic carbocycles. The molecule has 2 aromatic rings. The van der Waals surface area contributed by atoms with Gasteiger partial charge in [-0.2, -0.15) is 0 Å². The van der Waals surface area contributed by atoms with Crippen molar-refractivity contribution in [2.24, 2.45) is 0 Å². The molecule has 23 heavy (non-hydrogen) atoms. The van der Waals surface area contributed by atoms with Gasteiger partial charge in [0.1, 0.15) is 0 Å². The average molecular weight is 315 g/mol. The Hall–Kier alpha value is -3.03. The first-order valence-corrected chi connectivity index (χ1v) is 6.91. The first kappa shape index (κ1) is 16.3. The first-order chi connectivity index (χ1) is 10.9. The zero-order chi connectivity index (χ0) is 17.0. The fourth-order valence-electron chi connectivity index (χ4n) is 1.94. The predicted octanol–water partition coefficient (Wildman–Crippen LogP) is 1.69. The third-order valence-corrected chi connectivity index (χ3v) is 3.04. The summed E-state index contributed by atoms with van der Waals surface area (Å²) in [6.07, 6.45) is 0. The lowest BCUT2D eigenvalue weighted by molar-refractivity contribution is -0.384. The van der Waals surface area contributed by atoms with Crippen LogP contribution in [-0.4, -0.2) is 34.9 Å². The van der Waals surface area contributed by atoms with Crippen molar-refractivity contribution in [3.05, 3.63) is 57.4 Å². The molecule has 0 radical (unpaired) electrons. The summed E-state index contributed by atoms with van der Waals surface area (Å²) in [7, 11) is 3.67. The van der Waals surface area contributed by atoms with E-state index < -0.39 is 10.8 Å². The molecule has 0 unspecified atom stereocenters. The van der Waals surface area contributed by atoms with Gasteiger partial charge in [0.2, 0.25) is 5.95 Å². The fraction of sp³-hybridized carbons (Fsp3) is 0.267. The molecule has 0 atom stereocenters. The minimum atomic E-state index is -0.534. The summed E-state index contributed by atoms with van der Waals surface area (Å²) in [5.74, 6) is 0.168. The van der Waals surface area contributed by atoms with E-state index >= 15 is 0 Å². The van der Waals surface area contributed by atoms with E-state index in [9.17, 15) is 14.9 Å². The minimum Gasteiger partial charge on any atom is -0.347 e. The Kier molecular flexibility index (Phi) is 4.85. The number of non-ortho nitro benzene ring substituents is 1. The molecule has 0 spiro atoms. The van der Waals surface area contributed by atoms with Crippen LogP contribution in [0.3, 0.4) is 0 Å². The molecule has 0 aliphatic heterocycles. The van der Waals surface area contributed by atoms with Crippen molar-refractivity contribution in [2.75, 3.05) is 19.0 Å². The van der Waals surface area contributed by atoms with Gasteiger partial charge in [-0.25, -0.2) is 9.97 Å². The van der Waals surface area contributed by atoms with Gasteiger partial charge >= 0.3 is 0 Å². The number of nitro benzene ring substituents is 1. The van der Waals surface area contributed by atoms with Crippen molar-refractivity contribution >= 4 is 17.5 Å². The summed E-state index contributed by atoms with van der Waals surface area (Å²) < 4.78 is 0. The fourth-order valence-corrected chi connectivity index (χ4v) is 1.94. The highest BCUT2D eigenvalue weighted by molar-refractivity contribution is 5.94. The molecule has 1 aromatic heterocycles. The van der Waals surface area contributed by atoms with E-state index in [1.807, 2.05) is 21.0 Å². The van der Waals surface area contributed by atoms with Crippen molar-refractivity contribution in [3.8, 4) is 0 Å². The molecule has 0 saturated carbocycles. The molecule has 8 heteroatoms. The van der Waals surface area contributed by atoms with Gasteiger partial charge in [0.15, 0.2) is 0 Å². The second-order valence-corrected chi connectivity index (χ2v) is 5.19. The molecule has 1 N–H and O–H groups in total. The third-order valence-electron chi connectivity index (χ3n) is 3.04. The lowest BCUT2D eigenvalue weighted by Gasteiger charge is -2.12. The molecule has 120 valence electrons. The Labute approximate surface area is 133 Å². The Morgan fingerprint density at radius 2 is 2.04 bits per heavy atom. The van der Waals surface area contributed by atoms with Gasteiger partial charge < -0.3 is 10.2 Å². The maximum Gasteiger partial charge on any atom is 0.270 e. The molecule has 1 aromatic carbocycles. The lowest BCUT2D eigenvalue weighted by Crippen LogP contribution is -2.24. The number of aryl methyl sites for hydroxylation is 1. The van der Waals surface area contributed by atoms with Gasteiger partial charge in [-0.3, -0.25) is 14.9 Å². The monoisotopic (exact) mass is 315 g/mol. The molecule has 0 aliphatic rings. The molecule has 1 amide bonds. The number of carbonyl (C=O) groups excluding carboxylic acids is 1. The summed E-state index contributed by atoms with van der Waals surface area (Å²) in [5.41, 5.74) is 1.58. The number of aromatic nitrogens is 2. The number of carbonyl (C=O) groups is 1. The largest absolute Gasteiger partial charge is 0.347 e. The minimum absolute atomic E-state index is 0.120. The molecule has 0 fully saturated rings. The van der Waals surface area contributed by atoms with Gasteiger partial charge in [0.25, 0.3) is 11.6 Å². The summed E-state index contributed by atoms with van der Waals surface area (Å²) in [6.45, 7) is 2.06. The summed E-state index contributed by atoms with van der Waals surface area (Å²) in [5, 5.41) is 13.5. The quantitative estimate of drug-likeness (QED) is 0.665. The second-order valence-electron chi connectivity index (χ2n) is 5.19. The maximum atomic E-state index is 12.1. The third kappa shape index (κ3) is 4.22. The standard InChI is InChI=1S/C15H17N5O3/c1-10-7-12(18-15(17-10)19(2)3)9-16-14(21)11-5-4-6-13(8-11)20(22)23/h4-8H,9H2,1-3H3,(H,16,21). The Morgan fingerprint density at radius 3 is 2.70 bits per heavy atom. The molecule has 0 bridgehead atoms. The molecule has 8 nitrogen and oxygen atoms in total. The van der Waals surface area contributed by atoms with Crippen molar-refractivity contribution in [3.63, 3.8) is 0 Å². The molecular weight excluding hydrogens is 298 g/mol. The van der Waals surface area contributed by atoms with Crippen molar-refractivity contribution < 1.29 is 9.72 Å². The Morgan fingerprint density at radius 1 is 1.30 bits per heavy atom. The number of hydrogen-bond donors (Lipinski definition) is 1. The highest BCUT2D eigenvalue weighted by atomic mass is 16.6. The van der Waals surface area contributed by atoms with Crippen molar-refractivity contribution in [1.29, 1.82) is 0 Å². The second kappa shape index (κ2) is 6.82. The van der Waals surface area contributed by atoms with E-state index in [0.29, 0.717) is 11.6 Å². The van der Waals surface area contributed by atoms with Gasteiger partial charge in [-0.1, -0.05) is 6.07 Å². The van der Waals surface area contributed by atoms with E-state index in [0.717, 1.165) is 5.69 Å². The number of nitrogens with one attached hydrogen (secondary N) is 1. The summed E-state index contributed by atoms with van der Waals surface area (Å²) >= 11 is 0. The zero-order valence-corrected chi connectivity index (χ0v) is 13.1. The number of nitro groups is 1. The molecule has 0 saturated heterocycles. The maximum absolute atomic E-state index is 12.1. The van der Waals surface area contributed by atoms with Crippen LogP contribution in [-0.2, 0) is 6.54 Å². The van der Waals surface area contributed by atoms with Crippen LogP contribution in [0.2, 0.25) is 0 Å². The first-order valence-electron chi connectivity index (χ1n) is 6.91. The average Bonchev–Trinajstić information content (AvgIpc) is 2.52. The van der Waals surface area contributed by atoms with Crippen molar-refractivity contribution in [2.45, 2.75) is 13.5 Å². The molecule has 2 rings (SSSR count). The van der Waals surface area contributed by atoms with Crippen LogP contribution in [0, 0.1) is 17.0 Å². The molecular formula is C15H17N5O3. The summed E-state index contributed by atoms with van der Waals surface area (Å²) in [6, 6.07) is 7.37. The summed E-state index contributed by atoms with van der Waals surface area (Å²) in [4.78, 5) is 32.7.